The predicted octanol–water partition coefficient (Wildman–Crippen LogP) is 3.99. The van der Waals surface area contributed by atoms with Crippen LogP contribution >= 0.6 is 23.4 Å². The van der Waals surface area contributed by atoms with Gasteiger partial charge in [-0.2, -0.15) is 9.61 Å². The minimum atomic E-state index is -0.306. The Hall–Kier alpha value is -2.97. The van der Waals surface area contributed by atoms with Crippen molar-refractivity contribution in [2.75, 3.05) is 5.75 Å². The summed E-state index contributed by atoms with van der Waals surface area (Å²) in [5.74, 6) is -0.256. The van der Waals surface area contributed by atoms with E-state index in [9.17, 15) is 9.18 Å². The van der Waals surface area contributed by atoms with Crippen molar-refractivity contribution in [2.24, 2.45) is 0 Å². The molecule has 4 aromatic rings. The van der Waals surface area contributed by atoms with E-state index in [4.69, 9.17) is 11.6 Å². The normalized spacial score (nSPS) is 11.0. The number of carbonyl (C=O) groups excluding carboxylic acids is 1. The summed E-state index contributed by atoms with van der Waals surface area (Å²) in [7, 11) is 0. The average molecular weight is 428 g/mol. The second kappa shape index (κ2) is 8.59. The molecule has 1 amide bonds. The molecule has 0 saturated carbocycles. The third kappa shape index (κ3) is 4.72. The van der Waals surface area contributed by atoms with Crippen LogP contribution in [-0.2, 0) is 11.3 Å². The number of benzene rings is 2. The molecule has 0 unspecified atom stereocenters. The smallest absolute Gasteiger partial charge is 0.230 e. The third-order valence-corrected chi connectivity index (χ3v) is 5.28. The van der Waals surface area contributed by atoms with Gasteiger partial charge in [0.25, 0.3) is 0 Å². The molecule has 4 rings (SSSR count). The Kier molecular flexibility index (Phi) is 5.73. The molecule has 9 heteroatoms. The fourth-order valence-corrected chi connectivity index (χ4v) is 3.46. The van der Waals surface area contributed by atoms with E-state index >= 15 is 0 Å². The van der Waals surface area contributed by atoms with E-state index in [2.05, 4.69) is 20.6 Å². The number of thioether (sulfide) groups is 1. The van der Waals surface area contributed by atoms with Crippen LogP contribution in [0.3, 0.4) is 0 Å². The van der Waals surface area contributed by atoms with Crippen molar-refractivity contribution >= 4 is 34.9 Å². The van der Waals surface area contributed by atoms with Gasteiger partial charge in [-0.3, -0.25) is 4.79 Å². The molecule has 0 fully saturated rings. The number of fused-ring (bicyclic) bond motifs is 1. The molecule has 0 radical (unpaired) electrons. The van der Waals surface area contributed by atoms with Gasteiger partial charge >= 0.3 is 0 Å². The molecule has 6 nitrogen and oxygen atoms in total. The van der Waals surface area contributed by atoms with E-state index in [-0.39, 0.29) is 17.5 Å². The van der Waals surface area contributed by atoms with E-state index < -0.39 is 0 Å². The quantitative estimate of drug-likeness (QED) is 0.471. The summed E-state index contributed by atoms with van der Waals surface area (Å²) in [6.07, 6.45) is 0. The first-order valence-electron chi connectivity index (χ1n) is 8.71. The number of nitrogens with zero attached hydrogens (tertiary/aromatic N) is 4. The number of hydrogen-bond acceptors (Lipinski definition) is 5. The molecule has 146 valence electrons. The first-order chi connectivity index (χ1) is 14.1. The van der Waals surface area contributed by atoms with Crippen LogP contribution in [0.4, 0.5) is 4.39 Å². The summed E-state index contributed by atoms with van der Waals surface area (Å²) >= 11 is 7.10. The molecule has 2 aromatic heterocycles. The molecule has 0 saturated heterocycles. The van der Waals surface area contributed by atoms with Crippen molar-refractivity contribution in [2.45, 2.75) is 11.7 Å². The zero-order valence-corrected chi connectivity index (χ0v) is 16.6. The highest BCUT2D eigenvalue weighted by atomic mass is 35.5. The number of carbonyl (C=O) groups is 1. The van der Waals surface area contributed by atoms with Crippen LogP contribution in [0.25, 0.3) is 16.9 Å². The number of aromatic nitrogens is 4. The number of rotatable bonds is 6. The zero-order chi connectivity index (χ0) is 20.2. The lowest BCUT2D eigenvalue weighted by Crippen LogP contribution is -2.24. The number of halogens is 2. The van der Waals surface area contributed by atoms with Crippen molar-refractivity contribution < 1.29 is 9.18 Å². The Morgan fingerprint density at radius 1 is 1.03 bits per heavy atom. The van der Waals surface area contributed by atoms with Gasteiger partial charge in [0.2, 0.25) is 11.1 Å². The highest BCUT2D eigenvalue weighted by Gasteiger charge is 2.12. The lowest BCUT2D eigenvalue weighted by molar-refractivity contribution is -0.118. The topological polar surface area (TPSA) is 72.2 Å². The van der Waals surface area contributed by atoms with Crippen molar-refractivity contribution in [1.82, 2.24) is 25.1 Å². The first-order valence-corrected chi connectivity index (χ1v) is 10.1. The van der Waals surface area contributed by atoms with E-state index in [1.165, 1.54) is 23.9 Å². The van der Waals surface area contributed by atoms with Gasteiger partial charge in [0.1, 0.15) is 5.82 Å². The molecular formula is C20H15ClFN5OS. The van der Waals surface area contributed by atoms with Gasteiger partial charge in [-0.25, -0.2) is 4.39 Å². The summed E-state index contributed by atoms with van der Waals surface area (Å²) in [6.45, 7) is 0.421. The van der Waals surface area contributed by atoms with Gasteiger partial charge in [0.05, 0.1) is 11.4 Å². The van der Waals surface area contributed by atoms with Crippen LogP contribution in [0.5, 0.6) is 0 Å². The maximum atomic E-state index is 13.1. The van der Waals surface area contributed by atoms with E-state index in [1.54, 1.807) is 40.9 Å². The summed E-state index contributed by atoms with van der Waals surface area (Å²) in [6, 6.07) is 17.0. The molecule has 0 aliphatic heterocycles. The number of nitrogens with one attached hydrogen (secondary N) is 1. The van der Waals surface area contributed by atoms with E-state index in [0.29, 0.717) is 28.1 Å². The largest absolute Gasteiger partial charge is 0.351 e. The van der Waals surface area contributed by atoms with Crippen molar-refractivity contribution in [3.05, 3.63) is 77.1 Å². The molecular weight excluding hydrogens is 413 g/mol. The van der Waals surface area contributed by atoms with Crippen LogP contribution in [0.2, 0.25) is 5.02 Å². The summed E-state index contributed by atoms with van der Waals surface area (Å²) in [4.78, 5) is 12.2. The van der Waals surface area contributed by atoms with Gasteiger partial charge in [0, 0.05) is 17.1 Å². The second-order valence-corrected chi connectivity index (χ2v) is 7.55. The Labute approximate surface area is 175 Å². The minimum absolute atomic E-state index is 0.128. The lowest BCUT2D eigenvalue weighted by Gasteiger charge is -2.05. The summed E-state index contributed by atoms with van der Waals surface area (Å²) in [5, 5.41) is 16.7. The maximum absolute atomic E-state index is 13.1. The highest BCUT2D eigenvalue weighted by molar-refractivity contribution is 7.99. The van der Waals surface area contributed by atoms with Gasteiger partial charge in [-0.15, -0.1) is 10.2 Å². The standard InChI is InChI=1S/C20H15ClFN5OS/c21-15-5-1-13(2-6-15)11-23-19(28)12-29-20-25-24-18-10-9-17(26-27(18)20)14-3-7-16(22)8-4-14/h1-10H,11-12H2,(H,23,28). The Morgan fingerprint density at radius 3 is 2.55 bits per heavy atom. The molecule has 0 aliphatic rings. The number of hydrogen-bond donors (Lipinski definition) is 1. The molecule has 0 atom stereocenters. The Morgan fingerprint density at radius 2 is 1.79 bits per heavy atom. The lowest BCUT2D eigenvalue weighted by atomic mass is 10.1. The minimum Gasteiger partial charge on any atom is -0.351 e. The molecule has 0 spiro atoms. The van der Waals surface area contributed by atoms with Crippen LogP contribution in [-0.4, -0.2) is 31.5 Å². The molecule has 2 heterocycles. The van der Waals surface area contributed by atoms with Gasteiger partial charge in [-0.1, -0.05) is 35.5 Å². The second-order valence-electron chi connectivity index (χ2n) is 6.17. The molecule has 0 bridgehead atoms. The van der Waals surface area contributed by atoms with Gasteiger partial charge in [0.15, 0.2) is 5.65 Å². The monoisotopic (exact) mass is 427 g/mol. The van der Waals surface area contributed by atoms with Crippen LogP contribution in [0, 0.1) is 5.82 Å². The van der Waals surface area contributed by atoms with Crippen LogP contribution < -0.4 is 5.32 Å². The van der Waals surface area contributed by atoms with Crippen LogP contribution in [0.15, 0.2) is 65.8 Å². The molecule has 29 heavy (non-hydrogen) atoms. The fourth-order valence-electron chi connectivity index (χ4n) is 2.62. The summed E-state index contributed by atoms with van der Waals surface area (Å²) in [5.41, 5.74) is 2.97. The Balaban J connectivity index is 1.42. The van der Waals surface area contributed by atoms with Gasteiger partial charge < -0.3 is 5.32 Å². The maximum Gasteiger partial charge on any atom is 0.230 e. The zero-order valence-electron chi connectivity index (χ0n) is 15.0. The van der Waals surface area contributed by atoms with Crippen molar-refractivity contribution in [3.63, 3.8) is 0 Å². The number of amides is 1. The summed E-state index contributed by atoms with van der Waals surface area (Å²) < 4.78 is 14.7. The predicted molar refractivity (Wildman–Crippen MR) is 110 cm³/mol. The van der Waals surface area contributed by atoms with Gasteiger partial charge in [-0.05, 0) is 54.1 Å². The van der Waals surface area contributed by atoms with E-state index in [1.807, 2.05) is 12.1 Å². The molecule has 2 aromatic carbocycles. The highest BCUT2D eigenvalue weighted by Crippen LogP contribution is 2.21. The third-order valence-electron chi connectivity index (χ3n) is 4.11. The first kappa shape index (κ1) is 19.4. The fraction of sp³-hybridized carbons (Fsp3) is 0.100. The SMILES string of the molecule is O=C(CSc1nnc2ccc(-c3ccc(F)cc3)nn12)NCc1ccc(Cl)cc1. The molecule has 1 N–H and O–H groups in total. The molecule has 0 aliphatic carbocycles. The van der Waals surface area contributed by atoms with E-state index in [0.717, 1.165) is 11.1 Å². The average Bonchev–Trinajstić information content (AvgIpc) is 3.14. The Bertz CT molecular complexity index is 1150. The van der Waals surface area contributed by atoms with Crippen molar-refractivity contribution in [3.8, 4) is 11.3 Å². The van der Waals surface area contributed by atoms with Crippen LogP contribution in [0.1, 0.15) is 5.56 Å². The van der Waals surface area contributed by atoms with Crippen molar-refractivity contribution in [1.29, 1.82) is 0 Å².